The highest BCUT2D eigenvalue weighted by Gasteiger charge is 2.42. The van der Waals surface area contributed by atoms with Crippen molar-refractivity contribution in [2.24, 2.45) is 11.8 Å². The Morgan fingerprint density at radius 1 is 0.848 bits per heavy atom. The van der Waals surface area contributed by atoms with Gasteiger partial charge in [-0.3, -0.25) is 0 Å². The Balaban J connectivity index is 1.79. The van der Waals surface area contributed by atoms with Crippen molar-refractivity contribution in [3.8, 4) is 34.8 Å². The second kappa shape index (κ2) is 15.5. The molecule has 7 nitrogen and oxygen atoms in total. The maximum absolute atomic E-state index is 10.8. The number of hydrogen-bond acceptors (Lipinski definition) is 7. The summed E-state index contributed by atoms with van der Waals surface area (Å²) in [6.45, 7) is 8.88. The van der Waals surface area contributed by atoms with Crippen LogP contribution in [0.4, 0.5) is 5.69 Å². The topological polar surface area (TPSA) is 73.2 Å². The molecule has 0 saturated heterocycles. The second-order valence-electron chi connectivity index (χ2n) is 12.7. The number of ether oxygens (including phenoxy) is 5. The number of rotatable bonds is 15. The van der Waals surface area contributed by atoms with Gasteiger partial charge < -0.3 is 28.6 Å². The fourth-order valence-electron chi connectivity index (χ4n) is 7.57. The summed E-state index contributed by atoms with van der Waals surface area (Å²) in [6.07, 6.45) is 5.51. The van der Waals surface area contributed by atoms with E-state index in [0.717, 1.165) is 49.8 Å². The van der Waals surface area contributed by atoms with E-state index in [2.05, 4.69) is 75.1 Å². The van der Waals surface area contributed by atoms with Crippen molar-refractivity contribution in [2.75, 3.05) is 40.4 Å². The summed E-state index contributed by atoms with van der Waals surface area (Å²) in [5.41, 5.74) is 3.90. The van der Waals surface area contributed by atoms with Crippen molar-refractivity contribution in [2.45, 2.75) is 83.7 Å². The highest BCUT2D eigenvalue weighted by atomic mass is 16.5. The molecule has 4 atom stereocenters. The van der Waals surface area contributed by atoms with Gasteiger partial charge in [0.25, 0.3) is 0 Å². The zero-order chi connectivity index (χ0) is 33.4. The molecule has 1 heterocycles. The minimum absolute atomic E-state index is 0.0718. The van der Waals surface area contributed by atoms with E-state index in [1.54, 1.807) is 35.5 Å². The molecule has 46 heavy (non-hydrogen) atoms. The van der Waals surface area contributed by atoms with Crippen LogP contribution in [-0.2, 0) is 11.8 Å². The monoisotopic (exact) mass is 628 g/mol. The lowest BCUT2D eigenvalue weighted by molar-refractivity contribution is 0.294. The van der Waals surface area contributed by atoms with Gasteiger partial charge in [-0.1, -0.05) is 58.4 Å². The van der Waals surface area contributed by atoms with E-state index in [0.29, 0.717) is 28.9 Å². The first kappa shape index (κ1) is 34.8. The average Bonchev–Trinajstić information content (AvgIpc) is 3.08. The van der Waals surface area contributed by atoms with Crippen molar-refractivity contribution in [3.05, 3.63) is 71.3 Å². The number of nitriles is 1. The molecule has 0 spiro atoms. The van der Waals surface area contributed by atoms with E-state index in [-0.39, 0.29) is 18.0 Å². The fourth-order valence-corrected chi connectivity index (χ4v) is 7.57. The van der Waals surface area contributed by atoms with Crippen LogP contribution in [0, 0.1) is 23.2 Å². The zero-order valence-corrected chi connectivity index (χ0v) is 29.2. The molecule has 7 heteroatoms. The lowest BCUT2D eigenvalue weighted by atomic mass is 9.69. The predicted octanol–water partition coefficient (Wildman–Crippen LogP) is 8.93. The highest BCUT2D eigenvalue weighted by Crippen LogP contribution is 2.53. The maximum atomic E-state index is 10.8. The molecule has 3 aromatic rings. The largest absolute Gasteiger partial charge is 0.493 e. The number of para-hydroxylation sites is 1. The molecule has 0 N–H and O–H groups in total. The Morgan fingerprint density at radius 2 is 1.52 bits per heavy atom. The van der Waals surface area contributed by atoms with Gasteiger partial charge in [0, 0.05) is 17.3 Å². The van der Waals surface area contributed by atoms with E-state index in [1.165, 1.54) is 16.8 Å². The van der Waals surface area contributed by atoms with Crippen LogP contribution in [0.5, 0.6) is 28.7 Å². The quantitative estimate of drug-likeness (QED) is 0.166. The molecule has 0 radical (unpaired) electrons. The van der Waals surface area contributed by atoms with E-state index in [9.17, 15) is 5.26 Å². The normalized spacial score (nSPS) is 17.8. The van der Waals surface area contributed by atoms with E-state index in [1.807, 2.05) is 18.2 Å². The van der Waals surface area contributed by atoms with Crippen LogP contribution < -0.4 is 28.6 Å². The summed E-state index contributed by atoms with van der Waals surface area (Å²) in [5, 5.41) is 10.8. The standard InChI is InChI=1S/C39H52N2O5/c1-10-15-27(4)36-35-28(23-34(44-7)37(45-8)38(35)46-9)22-31(41(36)30-16-12-11-13-17-30)18-14-21-39(25-40,26(2)3)29-19-20-32(42-5)33(24-29)43-6/h11-13,16-17,19-20,23-24,26-27,31,36H,10,14-15,18,21-22H2,1-9H3/t27?,31-,36?,39+/m0/s1. The fraction of sp³-hybridized carbons (Fsp3) is 0.513. The summed E-state index contributed by atoms with van der Waals surface area (Å²) in [4.78, 5) is 2.62. The minimum Gasteiger partial charge on any atom is -0.493 e. The van der Waals surface area contributed by atoms with Crippen molar-refractivity contribution in [3.63, 3.8) is 0 Å². The van der Waals surface area contributed by atoms with Crippen LogP contribution in [-0.4, -0.2) is 41.6 Å². The number of fused-ring (bicyclic) bond motifs is 1. The first-order valence-corrected chi connectivity index (χ1v) is 16.5. The second-order valence-corrected chi connectivity index (χ2v) is 12.7. The van der Waals surface area contributed by atoms with Gasteiger partial charge in [-0.15, -0.1) is 0 Å². The molecule has 0 fully saturated rings. The molecule has 0 aliphatic carbocycles. The van der Waals surface area contributed by atoms with Gasteiger partial charge in [-0.25, -0.2) is 0 Å². The number of benzene rings is 3. The number of methoxy groups -OCH3 is 5. The van der Waals surface area contributed by atoms with Crippen molar-refractivity contribution in [1.29, 1.82) is 5.26 Å². The van der Waals surface area contributed by atoms with Crippen LogP contribution >= 0.6 is 0 Å². The molecule has 4 rings (SSSR count). The third-order valence-electron chi connectivity index (χ3n) is 9.93. The molecule has 1 aliphatic heterocycles. The molecule has 0 bridgehead atoms. The van der Waals surface area contributed by atoms with Gasteiger partial charge in [-0.05, 0) is 85.4 Å². The van der Waals surface area contributed by atoms with E-state index < -0.39 is 5.41 Å². The molecule has 248 valence electrons. The molecule has 2 unspecified atom stereocenters. The summed E-state index contributed by atoms with van der Waals surface area (Å²) in [5.74, 6) is 3.83. The Hall–Kier alpha value is -4.05. The lowest BCUT2D eigenvalue weighted by Crippen LogP contribution is -2.47. The molecule has 1 aliphatic rings. The average molecular weight is 629 g/mol. The van der Waals surface area contributed by atoms with Gasteiger partial charge in [0.1, 0.15) is 0 Å². The smallest absolute Gasteiger partial charge is 0.203 e. The van der Waals surface area contributed by atoms with Gasteiger partial charge in [0.2, 0.25) is 5.75 Å². The van der Waals surface area contributed by atoms with Crippen LogP contribution in [0.2, 0.25) is 0 Å². The van der Waals surface area contributed by atoms with Crippen LogP contribution in [0.3, 0.4) is 0 Å². The Bertz CT molecular complexity index is 1480. The zero-order valence-electron chi connectivity index (χ0n) is 29.2. The predicted molar refractivity (Wildman–Crippen MR) is 185 cm³/mol. The van der Waals surface area contributed by atoms with Crippen molar-refractivity contribution >= 4 is 5.69 Å². The third-order valence-corrected chi connectivity index (χ3v) is 9.93. The lowest BCUT2D eigenvalue weighted by Gasteiger charge is -2.48. The Morgan fingerprint density at radius 3 is 2.09 bits per heavy atom. The number of nitrogens with zero attached hydrogens (tertiary/aromatic N) is 2. The van der Waals surface area contributed by atoms with Crippen molar-refractivity contribution in [1.82, 2.24) is 0 Å². The minimum atomic E-state index is -0.668. The molecule has 0 aromatic heterocycles. The molecular formula is C39H52N2O5. The third kappa shape index (κ3) is 6.58. The first-order chi connectivity index (χ1) is 22.2. The summed E-state index contributed by atoms with van der Waals surface area (Å²) in [6, 6.07) is 21.8. The SMILES string of the molecule is CCCC(C)C1c2c(cc(OC)c(OC)c2OC)C[C@H](CCC[C@](C#N)(c2ccc(OC)c(OC)c2)C(C)C)N1c1ccccc1. The first-order valence-electron chi connectivity index (χ1n) is 16.5. The van der Waals surface area contributed by atoms with Crippen LogP contribution in [0.25, 0.3) is 0 Å². The van der Waals surface area contributed by atoms with Crippen LogP contribution in [0.1, 0.15) is 82.5 Å². The Kier molecular flexibility index (Phi) is 11.7. The van der Waals surface area contributed by atoms with Gasteiger partial charge in [0.15, 0.2) is 23.0 Å². The van der Waals surface area contributed by atoms with E-state index in [4.69, 9.17) is 23.7 Å². The number of hydrogen-bond donors (Lipinski definition) is 0. The molecule has 3 aromatic carbocycles. The van der Waals surface area contributed by atoms with Gasteiger partial charge in [-0.2, -0.15) is 5.26 Å². The summed E-state index contributed by atoms with van der Waals surface area (Å²) >= 11 is 0. The van der Waals surface area contributed by atoms with E-state index >= 15 is 0 Å². The van der Waals surface area contributed by atoms with Crippen molar-refractivity contribution < 1.29 is 23.7 Å². The highest BCUT2D eigenvalue weighted by molar-refractivity contribution is 5.65. The maximum Gasteiger partial charge on any atom is 0.203 e. The van der Waals surface area contributed by atoms with Gasteiger partial charge in [0.05, 0.1) is 53.1 Å². The number of anilines is 1. The van der Waals surface area contributed by atoms with Gasteiger partial charge >= 0.3 is 0 Å². The molecule has 0 saturated carbocycles. The molecule has 0 amide bonds. The van der Waals surface area contributed by atoms with Crippen LogP contribution in [0.15, 0.2) is 54.6 Å². The molecular weight excluding hydrogens is 576 g/mol. The summed E-state index contributed by atoms with van der Waals surface area (Å²) in [7, 11) is 8.35. The Labute approximate surface area is 276 Å². The summed E-state index contributed by atoms with van der Waals surface area (Å²) < 4.78 is 28.9.